The summed E-state index contributed by atoms with van der Waals surface area (Å²) in [5, 5.41) is 2.25. The van der Waals surface area contributed by atoms with Crippen LogP contribution >= 0.6 is 0 Å². The lowest BCUT2D eigenvalue weighted by atomic mass is 10.1. The van der Waals surface area contributed by atoms with Gasteiger partial charge in [0.05, 0.1) is 16.7 Å². The Labute approximate surface area is 139 Å². The fourth-order valence-corrected chi connectivity index (χ4v) is 2.34. The van der Waals surface area contributed by atoms with Gasteiger partial charge in [0.25, 0.3) is 11.8 Å². The second kappa shape index (κ2) is 6.00. The second-order valence-corrected chi connectivity index (χ2v) is 5.22. The lowest BCUT2D eigenvalue weighted by Crippen LogP contribution is -2.37. The minimum Gasteiger partial charge on any atom is -0.309 e. The van der Waals surface area contributed by atoms with Crippen molar-refractivity contribution in [3.05, 3.63) is 59.3 Å². The van der Waals surface area contributed by atoms with Gasteiger partial charge in [-0.2, -0.15) is 13.2 Å². The maximum Gasteiger partial charge on any atom is 0.417 e. The molecule has 6 nitrogen and oxygen atoms in total. The molecule has 0 aliphatic carbocycles. The molecule has 1 aliphatic rings. The Morgan fingerprint density at radius 1 is 1.04 bits per heavy atom. The molecule has 3 rings (SSSR count). The highest BCUT2D eigenvalue weighted by Crippen LogP contribution is 2.29. The Balaban J connectivity index is 1.68. The number of halogens is 3. The van der Waals surface area contributed by atoms with Gasteiger partial charge in [0.2, 0.25) is 5.91 Å². The van der Waals surface area contributed by atoms with Crippen LogP contribution < -0.4 is 5.32 Å². The molecule has 0 fully saturated rings. The van der Waals surface area contributed by atoms with Crippen molar-refractivity contribution in [3.8, 4) is 0 Å². The van der Waals surface area contributed by atoms with Crippen LogP contribution in [0.5, 0.6) is 0 Å². The van der Waals surface area contributed by atoms with Gasteiger partial charge in [-0.3, -0.25) is 19.3 Å². The molecule has 2 aromatic rings. The first-order valence-corrected chi connectivity index (χ1v) is 7.05. The van der Waals surface area contributed by atoms with Crippen molar-refractivity contribution in [2.75, 3.05) is 11.9 Å². The summed E-state index contributed by atoms with van der Waals surface area (Å²) in [6, 6.07) is 7.91. The van der Waals surface area contributed by atoms with Crippen molar-refractivity contribution in [2.24, 2.45) is 0 Å². The zero-order valence-electron chi connectivity index (χ0n) is 12.5. The number of imide groups is 1. The van der Waals surface area contributed by atoms with E-state index < -0.39 is 36.0 Å². The van der Waals surface area contributed by atoms with Gasteiger partial charge in [-0.05, 0) is 24.3 Å². The number of hydrogen-bond acceptors (Lipinski definition) is 4. The second-order valence-electron chi connectivity index (χ2n) is 5.22. The monoisotopic (exact) mass is 349 g/mol. The van der Waals surface area contributed by atoms with Gasteiger partial charge < -0.3 is 5.32 Å². The maximum atomic E-state index is 12.5. The van der Waals surface area contributed by atoms with Crippen molar-refractivity contribution < 1.29 is 27.6 Å². The summed E-state index contributed by atoms with van der Waals surface area (Å²) < 4.78 is 37.4. The van der Waals surface area contributed by atoms with Gasteiger partial charge in [0.1, 0.15) is 12.4 Å². The molecular weight excluding hydrogens is 339 g/mol. The summed E-state index contributed by atoms with van der Waals surface area (Å²) in [5.41, 5.74) is -0.549. The average Bonchev–Trinajstić information content (AvgIpc) is 2.80. The number of rotatable bonds is 3. The molecule has 0 bridgehead atoms. The number of nitrogens with zero attached hydrogens (tertiary/aromatic N) is 2. The number of nitrogens with one attached hydrogen (secondary N) is 1. The van der Waals surface area contributed by atoms with E-state index in [1.807, 2.05) is 0 Å². The molecule has 9 heteroatoms. The van der Waals surface area contributed by atoms with Gasteiger partial charge in [-0.25, -0.2) is 4.98 Å². The van der Waals surface area contributed by atoms with E-state index in [2.05, 4.69) is 10.3 Å². The molecule has 0 saturated carbocycles. The molecule has 1 aliphatic heterocycles. The standard InChI is InChI=1S/C16H10F3N3O3/c17-16(18,19)9-5-6-12(20-7-9)21-13(23)8-22-14(24)10-3-1-2-4-11(10)15(22)25/h1-7H,8H2,(H,20,21,23). The predicted molar refractivity (Wildman–Crippen MR) is 79.7 cm³/mol. The number of carbonyl (C=O) groups is 3. The SMILES string of the molecule is O=C(CN1C(=O)c2ccccc2C1=O)Nc1ccc(C(F)(F)F)cn1. The highest BCUT2D eigenvalue weighted by Gasteiger charge is 2.36. The highest BCUT2D eigenvalue weighted by molar-refractivity contribution is 6.22. The van der Waals surface area contributed by atoms with Gasteiger partial charge in [-0.1, -0.05) is 12.1 Å². The number of fused-ring (bicyclic) bond motifs is 1. The van der Waals surface area contributed by atoms with E-state index in [4.69, 9.17) is 0 Å². The van der Waals surface area contributed by atoms with Crippen LogP contribution in [0.1, 0.15) is 26.3 Å². The van der Waals surface area contributed by atoms with Crippen molar-refractivity contribution >= 4 is 23.5 Å². The van der Waals surface area contributed by atoms with E-state index >= 15 is 0 Å². The zero-order valence-corrected chi connectivity index (χ0v) is 12.5. The Hall–Kier alpha value is -3.23. The van der Waals surface area contributed by atoms with Crippen LogP contribution in [0.15, 0.2) is 42.6 Å². The van der Waals surface area contributed by atoms with E-state index in [0.29, 0.717) is 6.20 Å². The number of amides is 3. The summed E-state index contributed by atoms with van der Waals surface area (Å²) >= 11 is 0. The van der Waals surface area contributed by atoms with E-state index in [-0.39, 0.29) is 16.9 Å². The first-order chi connectivity index (χ1) is 11.8. The Morgan fingerprint density at radius 3 is 2.12 bits per heavy atom. The third-order valence-corrected chi connectivity index (χ3v) is 3.54. The number of hydrogen-bond donors (Lipinski definition) is 1. The fourth-order valence-electron chi connectivity index (χ4n) is 2.34. The van der Waals surface area contributed by atoms with Gasteiger partial charge in [-0.15, -0.1) is 0 Å². The summed E-state index contributed by atoms with van der Waals surface area (Å²) in [7, 11) is 0. The number of alkyl halides is 3. The molecule has 0 radical (unpaired) electrons. The smallest absolute Gasteiger partial charge is 0.309 e. The quantitative estimate of drug-likeness (QED) is 0.863. The van der Waals surface area contributed by atoms with Crippen LogP contribution in [0, 0.1) is 0 Å². The molecule has 0 atom stereocenters. The van der Waals surface area contributed by atoms with Gasteiger partial charge in [0.15, 0.2) is 0 Å². The summed E-state index contributed by atoms with van der Waals surface area (Å²) in [5.74, 6) is -2.07. The van der Waals surface area contributed by atoms with Crippen LogP contribution in [0.25, 0.3) is 0 Å². The van der Waals surface area contributed by atoms with E-state index in [1.54, 1.807) is 12.1 Å². The van der Waals surface area contributed by atoms with E-state index in [9.17, 15) is 27.6 Å². The Bertz CT molecular complexity index is 828. The molecule has 1 aromatic heterocycles. The lowest BCUT2D eigenvalue weighted by Gasteiger charge is -2.13. The first-order valence-electron chi connectivity index (χ1n) is 7.05. The minimum absolute atomic E-state index is 0.116. The molecule has 3 amide bonds. The van der Waals surface area contributed by atoms with Crippen molar-refractivity contribution in [2.45, 2.75) is 6.18 Å². The van der Waals surface area contributed by atoms with E-state index in [1.165, 1.54) is 12.1 Å². The average molecular weight is 349 g/mol. The van der Waals surface area contributed by atoms with Crippen molar-refractivity contribution in [1.29, 1.82) is 0 Å². The Kier molecular flexibility index (Phi) is 3.99. The predicted octanol–water partition coefficient (Wildman–Crippen LogP) is 2.34. The Morgan fingerprint density at radius 2 is 1.64 bits per heavy atom. The molecule has 128 valence electrons. The third kappa shape index (κ3) is 3.21. The molecule has 2 heterocycles. The molecule has 1 aromatic carbocycles. The van der Waals surface area contributed by atoms with Crippen molar-refractivity contribution in [1.82, 2.24) is 9.88 Å². The van der Waals surface area contributed by atoms with Gasteiger partial charge in [0, 0.05) is 6.20 Å². The minimum atomic E-state index is -4.53. The van der Waals surface area contributed by atoms with Crippen molar-refractivity contribution in [3.63, 3.8) is 0 Å². The molecule has 0 saturated heterocycles. The number of benzene rings is 1. The normalized spacial score (nSPS) is 13.8. The molecular formula is C16H10F3N3O3. The number of pyridine rings is 1. The molecule has 25 heavy (non-hydrogen) atoms. The topological polar surface area (TPSA) is 79.4 Å². The fraction of sp³-hybridized carbons (Fsp3) is 0.125. The molecule has 0 unspecified atom stereocenters. The number of anilines is 1. The largest absolute Gasteiger partial charge is 0.417 e. The van der Waals surface area contributed by atoms with Crippen LogP contribution in [0.2, 0.25) is 0 Å². The van der Waals surface area contributed by atoms with Gasteiger partial charge >= 0.3 is 6.18 Å². The lowest BCUT2D eigenvalue weighted by molar-refractivity contribution is -0.137. The number of carbonyl (C=O) groups excluding carboxylic acids is 3. The summed E-state index contributed by atoms with van der Waals surface area (Å²) in [6.07, 6.45) is -3.95. The molecule has 1 N–H and O–H groups in total. The summed E-state index contributed by atoms with van der Waals surface area (Å²) in [6.45, 7) is -0.560. The first kappa shape index (κ1) is 16.6. The van der Waals surface area contributed by atoms with Crippen LogP contribution in [-0.4, -0.2) is 34.2 Å². The van der Waals surface area contributed by atoms with Crippen LogP contribution in [-0.2, 0) is 11.0 Å². The van der Waals surface area contributed by atoms with E-state index in [0.717, 1.165) is 17.0 Å². The summed E-state index contributed by atoms with van der Waals surface area (Å²) in [4.78, 5) is 40.5. The third-order valence-electron chi connectivity index (χ3n) is 3.54. The highest BCUT2D eigenvalue weighted by atomic mass is 19.4. The van der Waals surface area contributed by atoms with Crippen LogP contribution in [0.4, 0.5) is 19.0 Å². The zero-order chi connectivity index (χ0) is 18.2. The van der Waals surface area contributed by atoms with Crippen LogP contribution in [0.3, 0.4) is 0 Å². The molecule has 0 spiro atoms. The number of aromatic nitrogens is 1. The maximum absolute atomic E-state index is 12.5.